The minimum absolute atomic E-state index is 0.00538. The number of hydrogen-bond donors (Lipinski definition) is 3. The van der Waals surface area contributed by atoms with Gasteiger partial charge in [-0.2, -0.15) is 18.3 Å². The Bertz CT molecular complexity index is 1350. The Morgan fingerprint density at radius 3 is 2.49 bits per heavy atom. The smallest absolute Gasteiger partial charge is 0.377 e. The Balaban J connectivity index is 1.40. The summed E-state index contributed by atoms with van der Waals surface area (Å²) in [6.07, 6.45) is -5.12. The van der Waals surface area contributed by atoms with Crippen molar-refractivity contribution in [2.75, 3.05) is 26.3 Å². The zero-order valence-corrected chi connectivity index (χ0v) is 19.6. The molecule has 0 radical (unpaired) electrons. The molecule has 1 saturated heterocycles. The molecule has 194 valence electrons. The molecule has 13 heteroatoms. The number of morpholine rings is 1. The molecule has 10 nitrogen and oxygen atoms in total. The normalized spacial score (nSPS) is 15.9. The number of fused-ring (bicyclic) bond motifs is 1. The predicted molar refractivity (Wildman–Crippen MR) is 126 cm³/mol. The number of halogens is 3. The van der Waals surface area contributed by atoms with E-state index >= 15 is 0 Å². The highest BCUT2D eigenvalue weighted by Gasteiger charge is 2.39. The number of rotatable bonds is 5. The molecule has 1 aliphatic heterocycles. The lowest BCUT2D eigenvalue weighted by atomic mass is 10.1. The number of ether oxygens (including phenoxy) is 1. The van der Waals surface area contributed by atoms with E-state index in [9.17, 15) is 27.6 Å². The lowest BCUT2D eigenvalue weighted by molar-refractivity contribution is -0.171. The molecular weight excluding hydrogens is 493 g/mol. The van der Waals surface area contributed by atoms with Gasteiger partial charge in [-0.3, -0.25) is 24.5 Å². The van der Waals surface area contributed by atoms with Crippen molar-refractivity contribution in [3.63, 3.8) is 0 Å². The summed E-state index contributed by atoms with van der Waals surface area (Å²) in [5.74, 6) is -3.77. The van der Waals surface area contributed by atoms with Crippen LogP contribution in [-0.2, 0) is 16.6 Å². The molecule has 3 aromatic rings. The summed E-state index contributed by atoms with van der Waals surface area (Å²) in [5.41, 5.74) is 1.31. The molecular formula is C24H23F3N6O4. The zero-order chi connectivity index (χ0) is 26.7. The molecule has 0 bridgehead atoms. The van der Waals surface area contributed by atoms with Crippen LogP contribution in [0.5, 0.6) is 0 Å². The molecule has 0 aliphatic carbocycles. The lowest BCUT2D eigenvalue weighted by Gasteiger charge is -2.35. The monoisotopic (exact) mass is 516 g/mol. The number of benzene rings is 2. The van der Waals surface area contributed by atoms with Crippen LogP contribution in [0.3, 0.4) is 0 Å². The third-order valence-electron chi connectivity index (χ3n) is 5.88. The highest BCUT2D eigenvalue weighted by atomic mass is 19.4. The van der Waals surface area contributed by atoms with E-state index in [4.69, 9.17) is 10.1 Å². The summed E-state index contributed by atoms with van der Waals surface area (Å²) in [6, 6.07) is 12.1. The van der Waals surface area contributed by atoms with Gasteiger partial charge in [0, 0.05) is 36.7 Å². The van der Waals surface area contributed by atoms with Gasteiger partial charge in [0.15, 0.2) is 5.69 Å². The minimum Gasteiger partial charge on any atom is -0.377 e. The summed E-state index contributed by atoms with van der Waals surface area (Å²) in [7, 11) is 1.76. The topological polar surface area (TPSA) is 129 Å². The van der Waals surface area contributed by atoms with Crippen LogP contribution >= 0.6 is 0 Å². The molecule has 2 heterocycles. The van der Waals surface area contributed by atoms with E-state index in [1.54, 1.807) is 16.6 Å². The molecule has 3 amide bonds. The van der Waals surface area contributed by atoms with E-state index in [0.717, 1.165) is 10.9 Å². The Hall–Kier alpha value is -4.26. The van der Waals surface area contributed by atoms with Crippen molar-refractivity contribution in [1.29, 1.82) is 5.41 Å². The predicted octanol–water partition coefficient (Wildman–Crippen LogP) is 1.85. The fourth-order valence-electron chi connectivity index (χ4n) is 3.96. The summed E-state index contributed by atoms with van der Waals surface area (Å²) in [4.78, 5) is 38.6. The third kappa shape index (κ3) is 5.61. The number of aromatic nitrogens is 2. The van der Waals surface area contributed by atoms with Crippen molar-refractivity contribution in [2.24, 2.45) is 7.05 Å². The Morgan fingerprint density at radius 2 is 1.78 bits per heavy atom. The Kier molecular flexibility index (Phi) is 7.25. The standard InChI is InChI=1S/C24H23F3N6O4/c1-32-18-5-3-2-4-17(18)19(31-32)22(35)33-10-11-37-13-16(33)12-29-21(34)15-8-6-14(7-9-15)20(28)30-23(36)24(25,26)27/h2-9,16H,10-13H2,1H3,(H,29,34)(H2,28,30,36). The minimum atomic E-state index is -5.12. The van der Waals surface area contributed by atoms with Gasteiger partial charge in [-0.05, 0) is 18.2 Å². The van der Waals surface area contributed by atoms with Crippen LogP contribution in [0.1, 0.15) is 26.4 Å². The molecule has 1 aromatic heterocycles. The first kappa shape index (κ1) is 25.8. The maximum absolute atomic E-state index is 13.4. The van der Waals surface area contributed by atoms with Crippen LogP contribution in [-0.4, -0.2) is 76.8 Å². The van der Waals surface area contributed by atoms with E-state index in [1.165, 1.54) is 29.6 Å². The fourth-order valence-corrected chi connectivity index (χ4v) is 3.96. The maximum atomic E-state index is 13.4. The molecule has 0 spiro atoms. The summed E-state index contributed by atoms with van der Waals surface area (Å²) < 4.78 is 44.3. The van der Waals surface area contributed by atoms with Gasteiger partial charge < -0.3 is 20.3 Å². The van der Waals surface area contributed by atoms with Gasteiger partial charge in [-0.25, -0.2) is 0 Å². The highest BCUT2D eigenvalue weighted by Crippen LogP contribution is 2.21. The van der Waals surface area contributed by atoms with Crippen molar-refractivity contribution < 1.29 is 32.3 Å². The van der Waals surface area contributed by atoms with Crippen LogP contribution in [0.2, 0.25) is 0 Å². The first-order valence-corrected chi connectivity index (χ1v) is 11.2. The van der Waals surface area contributed by atoms with Crippen molar-refractivity contribution in [3.05, 3.63) is 65.4 Å². The summed E-state index contributed by atoms with van der Waals surface area (Å²) >= 11 is 0. The number of alkyl halides is 3. The largest absolute Gasteiger partial charge is 0.471 e. The second-order valence-electron chi connectivity index (χ2n) is 8.33. The van der Waals surface area contributed by atoms with E-state index in [-0.39, 0.29) is 30.2 Å². The number of carbonyl (C=O) groups excluding carboxylic acids is 3. The van der Waals surface area contributed by atoms with Crippen LogP contribution < -0.4 is 10.6 Å². The van der Waals surface area contributed by atoms with Crippen LogP contribution in [0.15, 0.2) is 48.5 Å². The van der Waals surface area contributed by atoms with E-state index in [1.807, 2.05) is 24.3 Å². The van der Waals surface area contributed by atoms with Crippen LogP contribution in [0.4, 0.5) is 13.2 Å². The van der Waals surface area contributed by atoms with Gasteiger partial charge in [0.05, 0.1) is 24.8 Å². The number of aryl methyl sites for hydroxylation is 1. The van der Waals surface area contributed by atoms with E-state index < -0.39 is 29.9 Å². The second-order valence-corrected chi connectivity index (χ2v) is 8.33. The highest BCUT2D eigenvalue weighted by molar-refractivity contribution is 6.08. The fraction of sp³-hybridized carbons (Fsp3) is 0.292. The number of nitrogens with zero attached hydrogens (tertiary/aromatic N) is 3. The van der Waals surface area contributed by atoms with Crippen LogP contribution in [0, 0.1) is 5.41 Å². The second kappa shape index (κ2) is 10.4. The van der Waals surface area contributed by atoms with Crippen molar-refractivity contribution in [3.8, 4) is 0 Å². The average Bonchev–Trinajstić information content (AvgIpc) is 3.23. The molecule has 0 saturated carbocycles. The van der Waals surface area contributed by atoms with Gasteiger partial charge in [-0.15, -0.1) is 0 Å². The SMILES string of the molecule is Cn1nc(C(=O)N2CCOCC2CNC(=O)c2ccc(C(=N)NC(=O)C(F)(F)F)cc2)c2ccccc21. The number of nitrogens with one attached hydrogen (secondary N) is 3. The number of amides is 3. The number of para-hydroxylation sites is 1. The van der Waals surface area contributed by atoms with Crippen LogP contribution in [0.25, 0.3) is 10.9 Å². The van der Waals surface area contributed by atoms with Gasteiger partial charge in [-0.1, -0.05) is 30.3 Å². The van der Waals surface area contributed by atoms with Crippen molar-refractivity contribution in [2.45, 2.75) is 12.2 Å². The Morgan fingerprint density at radius 1 is 1.11 bits per heavy atom. The van der Waals surface area contributed by atoms with E-state index in [0.29, 0.717) is 18.8 Å². The summed E-state index contributed by atoms with van der Waals surface area (Å²) in [6.45, 7) is 0.977. The molecule has 1 aliphatic rings. The van der Waals surface area contributed by atoms with Gasteiger partial charge in [0.25, 0.3) is 11.8 Å². The first-order chi connectivity index (χ1) is 17.6. The maximum Gasteiger partial charge on any atom is 0.471 e. The molecule has 4 rings (SSSR count). The number of amidine groups is 1. The number of hydrogen-bond acceptors (Lipinski definition) is 6. The lowest BCUT2D eigenvalue weighted by Crippen LogP contribution is -2.53. The quantitative estimate of drug-likeness (QED) is 0.352. The molecule has 2 aromatic carbocycles. The molecule has 1 atom stereocenters. The van der Waals surface area contributed by atoms with Crippen molar-refractivity contribution >= 4 is 34.5 Å². The molecule has 37 heavy (non-hydrogen) atoms. The van der Waals surface area contributed by atoms with Crippen molar-refractivity contribution in [1.82, 2.24) is 25.3 Å². The Labute approximate surface area is 208 Å². The van der Waals surface area contributed by atoms with Gasteiger partial charge >= 0.3 is 12.1 Å². The first-order valence-electron chi connectivity index (χ1n) is 11.2. The van der Waals surface area contributed by atoms with Gasteiger partial charge in [0.2, 0.25) is 0 Å². The summed E-state index contributed by atoms with van der Waals surface area (Å²) in [5, 5.41) is 16.9. The molecule has 1 unspecified atom stereocenters. The van der Waals surface area contributed by atoms with Gasteiger partial charge in [0.1, 0.15) is 5.84 Å². The van der Waals surface area contributed by atoms with E-state index in [2.05, 4.69) is 10.4 Å². The average molecular weight is 516 g/mol. The third-order valence-corrected chi connectivity index (χ3v) is 5.88. The molecule has 3 N–H and O–H groups in total. The number of carbonyl (C=O) groups is 3. The zero-order valence-electron chi connectivity index (χ0n) is 19.6. The molecule has 1 fully saturated rings.